The lowest BCUT2D eigenvalue weighted by Gasteiger charge is -2.33. The first-order valence-corrected chi connectivity index (χ1v) is 15.1. The zero-order valence-corrected chi connectivity index (χ0v) is 25.1. The quantitative estimate of drug-likeness (QED) is 0.208. The van der Waals surface area contributed by atoms with E-state index in [-0.39, 0.29) is 10.8 Å². The van der Waals surface area contributed by atoms with Crippen LogP contribution in [0, 0.1) is 0 Å². The van der Waals surface area contributed by atoms with Crippen molar-refractivity contribution in [2.45, 2.75) is 38.5 Å². The molecule has 0 unspecified atom stereocenters. The molecule has 0 atom stereocenters. The summed E-state index contributed by atoms with van der Waals surface area (Å²) in [7, 11) is 0. The first-order chi connectivity index (χ1) is 20.3. The van der Waals surface area contributed by atoms with Gasteiger partial charge in [-0.05, 0) is 91.7 Å². The van der Waals surface area contributed by atoms with Crippen molar-refractivity contribution in [2.24, 2.45) is 0 Å². The summed E-state index contributed by atoms with van der Waals surface area (Å²) >= 11 is 6.64. The van der Waals surface area contributed by atoms with E-state index in [0.717, 1.165) is 16.4 Å². The van der Waals surface area contributed by atoms with Gasteiger partial charge in [0, 0.05) is 27.2 Å². The van der Waals surface area contributed by atoms with Gasteiger partial charge in [0.05, 0.1) is 5.69 Å². The van der Waals surface area contributed by atoms with Crippen LogP contribution in [0.15, 0.2) is 121 Å². The van der Waals surface area contributed by atoms with Gasteiger partial charge in [0.1, 0.15) is 0 Å². The number of anilines is 3. The summed E-state index contributed by atoms with van der Waals surface area (Å²) in [6.07, 6.45) is 0. The minimum Gasteiger partial charge on any atom is -0.310 e. The number of hydrogen-bond donors (Lipinski definition) is 0. The van der Waals surface area contributed by atoms with E-state index in [0.29, 0.717) is 0 Å². The highest BCUT2D eigenvalue weighted by Crippen LogP contribution is 2.56. The zero-order chi connectivity index (χ0) is 28.8. The molecule has 0 amide bonds. The van der Waals surface area contributed by atoms with Gasteiger partial charge in [0.15, 0.2) is 0 Å². The highest BCUT2D eigenvalue weighted by Gasteiger charge is 2.40. The van der Waals surface area contributed by atoms with Crippen molar-refractivity contribution in [3.05, 3.63) is 149 Å². The normalized spacial score (nSPS) is 15.2. The standard InChI is InChI=1S/C40H32ClN/c1-39(2)34-17-8-7-15-30(34)32-16-10-18-36(38(32)39)42(27-13-9-12-26(41)23-27)28-20-22-31-33-21-19-25-11-5-6-14-29(25)37(33)40(3,4)35(31)24-28/h5-24H,1-4H3. The van der Waals surface area contributed by atoms with Crippen LogP contribution in [0.3, 0.4) is 0 Å². The van der Waals surface area contributed by atoms with Gasteiger partial charge in [-0.1, -0.05) is 124 Å². The fourth-order valence-corrected chi connectivity index (χ4v) is 7.96. The first-order valence-electron chi connectivity index (χ1n) is 14.7. The van der Waals surface area contributed by atoms with Gasteiger partial charge in [0.25, 0.3) is 0 Å². The van der Waals surface area contributed by atoms with Crippen molar-refractivity contribution in [3.8, 4) is 22.3 Å². The Morgan fingerprint density at radius 3 is 2.00 bits per heavy atom. The number of benzene rings is 6. The average Bonchev–Trinajstić information content (AvgIpc) is 3.37. The van der Waals surface area contributed by atoms with Gasteiger partial charge in [-0.3, -0.25) is 0 Å². The minimum atomic E-state index is -0.148. The fourth-order valence-electron chi connectivity index (χ4n) is 7.78. The molecule has 0 saturated carbocycles. The van der Waals surface area contributed by atoms with Crippen LogP contribution in [0.5, 0.6) is 0 Å². The van der Waals surface area contributed by atoms with E-state index in [9.17, 15) is 0 Å². The molecule has 8 rings (SSSR count). The molecule has 0 radical (unpaired) electrons. The minimum absolute atomic E-state index is 0.143. The zero-order valence-electron chi connectivity index (χ0n) is 24.4. The summed E-state index contributed by atoms with van der Waals surface area (Å²) in [4.78, 5) is 2.41. The van der Waals surface area contributed by atoms with Crippen LogP contribution in [0.1, 0.15) is 49.9 Å². The van der Waals surface area contributed by atoms with Crippen molar-refractivity contribution in [1.29, 1.82) is 0 Å². The molecule has 0 fully saturated rings. The molecule has 42 heavy (non-hydrogen) atoms. The second-order valence-electron chi connectivity index (χ2n) is 12.7. The third-order valence-corrected chi connectivity index (χ3v) is 9.88. The van der Waals surface area contributed by atoms with E-state index < -0.39 is 0 Å². The lowest BCUT2D eigenvalue weighted by molar-refractivity contribution is 0.660. The van der Waals surface area contributed by atoms with E-state index in [4.69, 9.17) is 11.6 Å². The molecule has 0 aliphatic heterocycles. The van der Waals surface area contributed by atoms with Crippen molar-refractivity contribution in [2.75, 3.05) is 4.90 Å². The molecular weight excluding hydrogens is 530 g/mol. The molecule has 1 nitrogen and oxygen atoms in total. The van der Waals surface area contributed by atoms with E-state index in [1.807, 2.05) is 12.1 Å². The first kappa shape index (κ1) is 25.4. The van der Waals surface area contributed by atoms with Crippen molar-refractivity contribution < 1.29 is 0 Å². The van der Waals surface area contributed by atoms with Crippen LogP contribution in [0.2, 0.25) is 5.02 Å². The van der Waals surface area contributed by atoms with E-state index >= 15 is 0 Å². The molecule has 0 aromatic heterocycles. The van der Waals surface area contributed by atoms with Crippen molar-refractivity contribution in [3.63, 3.8) is 0 Å². The Hall–Kier alpha value is -4.33. The molecule has 0 N–H and O–H groups in total. The molecule has 0 saturated heterocycles. The number of rotatable bonds is 3. The third kappa shape index (κ3) is 3.44. The van der Waals surface area contributed by atoms with Crippen LogP contribution in [-0.4, -0.2) is 0 Å². The highest BCUT2D eigenvalue weighted by atomic mass is 35.5. The summed E-state index contributed by atoms with van der Waals surface area (Å²) in [6, 6.07) is 44.2. The average molecular weight is 562 g/mol. The molecule has 0 bridgehead atoms. The summed E-state index contributed by atoms with van der Waals surface area (Å²) in [5, 5.41) is 3.36. The Morgan fingerprint density at radius 2 is 1.14 bits per heavy atom. The molecule has 0 heterocycles. The van der Waals surface area contributed by atoms with Crippen LogP contribution >= 0.6 is 11.6 Å². The summed E-state index contributed by atoms with van der Waals surface area (Å²) in [5.41, 5.74) is 13.9. The second-order valence-corrected chi connectivity index (χ2v) is 13.2. The van der Waals surface area contributed by atoms with Crippen LogP contribution < -0.4 is 4.90 Å². The molecule has 2 aliphatic rings. The van der Waals surface area contributed by atoms with E-state index in [1.54, 1.807) is 0 Å². The number of nitrogens with zero attached hydrogens (tertiary/aromatic N) is 1. The van der Waals surface area contributed by atoms with E-state index in [2.05, 4.69) is 142 Å². The van der Waals surface area contributed by atoms with Gasteiger partial charge >= 0.3 is 0 Å². The predicted molar refractivity (Wildman–Crippen MR) is 179 cm³/mol. The Balaban J connectivity index is 1.37. The van der Waals surface area contributed by atoms with Crippen molar-refractivity contribution >= 4 is 39.4 Å². The lowest BCUT2D eigenvalue weighted by atomic mass is 9.80. The predicted octanol–water partition coefficient (Wildman–Crippen LogP) is 11.6. The molecule has 2 aliphatic carbocycles. The maximum Gasteiger partial charge on any atom is 0.0508 e. The summed E-state index contributed by atoms with van der Waals surface area (Å²) in [6.45, 7) is 9.45. The van der Waals surface area contributed by atoms with Gasteiger partial charge in [0.2, 0.25) is 0 Å². The number of halogens is 1. The monoisotopic (exact) mass is 561 g/mol. The maximum absolute atomic E-state index is 6.64. The summed E-state index contributed by atoms with van der Waals surface area (Å²) in [5.74, 6) is 0. The Kier molecular flexibility index (Phi) is 5.34. The van der Waals surface area contributed by atoms with E-state index in [1.165, 1.54) is 61.0 Å². The molecule has 2 heteroatoms. The largest absolute Gasteiger partial charge is 0.310 e. The molecule has 6 aromatic rings. The maximum atomic E-state index is 6.64. The summed E-state index contributed by atoms with van der Waals surface area (Å²) < 4.78 is 0. The van der Waals surface area contributed by atoms with Crippen LogP contribution in [0.4, 0.5) is 17.1 Å². The molecular formula is C40H32ClN. The lowest BCUT2D eigenvalue weighted by Crippen LogP contribution is -2.21. The number of hydrogen-bond acceptors (Lipinski definition) is 1. The second kappa shape index (κ2) is 8.84. The Bertz CT molecular complexity index is 2070. The van der Waals surface area contributed by atoms with Gasteiger partial charge < -0.3 is 4.90 Å². The fraction of sp³-hybridized carbons (Fsp3) is 0.150. The third-order valence-electron chi connectivity index (χ3n) is 9.64. The highest BCUT2D eigenvalue weighted by molar-refractivity contribution is 6.30. The van der Waals surface area contributed by atoms with Gasteiger partial charge in [-0.25, -0.2) is 0 Å². The SMILES string of the molecule is CC1(C)c2ccccc2-c2cccc(N(c3cccc(Cl)c3)c3ccc4c(c3)C(C)(C)c3c-4ccc4ccccc34)c21. The molecule has 204 valence electrons. The van der Waals surface area contributed by atoms with Crippen molar-refractivity contribution in [1.82, 2.24) is 0 Å². The van der Waals surface area contributed by atoms with Gasteiger partial charge in [-0.15, -0.1) is 0 Å². The van der Waals surface area contributed by atoms with Crippen LogP contribution in [-0.2, 0) is 10.8 Å². The Morgan fingerprint density at radius 1 is 0.500 bits per heavy atom. The topological polar surface area (TPSA) is 3.24 Å². The Labute approximate surface area is 253 Å². The smallest absolute Gasteiger partial charge is 0.0508 e. The molecule has 0 spiro atoms. The number of fused-ring (bicyclic) bond motifs is 8. The van der Waals surface area contributed by atoms with Gasteiger partial charge in [-0.2, -0.15) is 0 Å². The molecule has 6 aromatic carbocycles. The van der Waals surface area contributed by atoms with Crippen LogP contribution in [0.25, 0.3) is 33.0 Å².